The Hall–Kier alpha value is -1.88. The Labute approximate surface area is 132 Å². The van der Waals surface area contributed by atoms with Crippen molar-refractivity contribution < 1.29 is 14.7 Å². The van der Waals surface area contributed by atoms with Crippen molar-refractivity contribution in [2.45, 2.75) is 39.7 Å². The molecule has 3 N–H and O–H groups in total. The van der Waals surface area contributed by atoms with Gasteiger partial charge in [0.25, 0.3) is 5.91 Å². The number of rotatable bonds is 7. The molecule has 1 unspecified atom stereocenters. The number of aliphatic hydroxyl groups is 1. The zero-order valence-corrected chi connectivity index (χ0v) is 13.6. The number of nitrogens with one attached hydrogen (secondary N) is 2. The molecule has 0 bridgehead atoms. The van der Waals surface area contributed by atoms with Gasteiger partial charge >= 0.3 is 0 Å². The summed E-state index contributed by atoms with van der Waals surface area (Å²) in [5.74, 6) is -0.249. The summed E-state index contributed by atoms with van der Waals surface area (Å²) in [6.45, 7) is 6.45. The van der Waals surface area contributed by atoms with E-state index in [0.29, 0.717) is 24.9 Å². The van der Waals surface area contributed by atoms with Crippen LogP contribution >= 0.6 is 0 Å². The van der Waals surface area contributed by atoms with Crippen LogP contribution in [0.25, 0.3) is 0 Å². The zero-order chi connectivity index (χ0) is 16.6. The molecule has 0 aliphatic rings. The third-order valence-electron chi connectivity index (χ3n) is 3.39. The highest BCUT2D eigenvalue weighted by Crippen LogP contribution is 2.18. The molecule has 1 aromatic rings. The Balaban J connectivity index is 2.17. The van der Waals surface area contributed by atoms with Crippen molar-refractivity contribution in [2.75, 3.05) is 13.1 Å². The molecule has 0 spiro atoms. The summed E-state index contributed by atoms with van der Waals surface area (Å²) in [5.41, 5.74) is 0.358. The van der Waals surface area contributed by atoms with Gasteiger partial charge in [0, 0.05) is 25.1 Å². The molecule has 1 atom stereocenters. The topological polar surface area (TPSA) is 78.4 Å². The van der Waals surface area contributed by atoms with Crippen LogP contribution in [0.15, 0.2) is 30.3 Å². The summed E-state index contributed by atoms with van der Waals surface area (Å²) in [6, 6.07) is 8.96. The minimum atomic E-state index is -0.575. The molecule has 0 heterocycles. The van der Waals surface area contributed by atoms with Crippen LogP contribution in [-0.2, 0) is 4.79 Å². The molecule has 1 rings (SSSR count). The molecule has 0 aliphatic heterocycles. The SMILES string of the molecule is CC(C)(C)C(O)CNC(=O)CCCNC(=O)c1ccccc1. The first-order valence-corrected chi connectivity index (χ1v) is 7.58. The van der Waals surface area contributed by atoms with Crippen LogP contribution < -0.4 is 10.6 Å². The molecule has 1 aromatic carbocycles. The monoisotopic (exact) mass is 306 g/mol. The van der Waals surface area contributed by atoms with Crippen LogP contribution in [0, 0.1) is 5.41 Å². The molecule has 2 amide bonds. The van der Waals surface area contributed by atoms with Crippen molar-refractivity contribution >= 4 is 11.8 Å². The van der Waals surface area contributed by atoms with Gasteiger partial charge in [-0.05, 0) is 24.0 Å². The first kappa shape index (κ1) is 18.2. The molecule has 22 heavy (non-hydrogen) atoms. The predicted molar refractivity (Wildman–Crippen MR) is 86.5 cm³/mol. The van der Waals surface area contributed by atoms with E-state index >= 15 is 0 Å². The van der Waals surface area contributed by atoms with E-state index in [4.69, 9.17) is 0 Å². The number of aliphatic hydroxyl groups excluding tert-OH is 1. The van der Waals surface area contributed by atoms with Crippen LogP contribution in [0.1, 0.15) is 44.0 Å². The van der Waals surface area contributed by atoms with Gasteiger partial charge in [0.05, 0.1) is 6.10 Å². The van der Waals surface area contributed by atoms with E-state index in [1.807, 2.05) is 39.0 Å². The highest BCUT2D eigenvalue weighted by molar-refractivity contribution is 5.94. The van der Waals surface area contributed by atoms with Crippen LogP contribution in [0.3, 0.4) is 0 Å². The van der Waals surface area contributed by atoms with Crippen molar-refractivity contribution in [1.82, 2.24) is 10.6 Å². The lowest BCUT2D eigenvalue weighted by Crippen LogP contribution is -2.39. The van der Waals surface area contributed by atoms with E-state index in [1.165, 1.54) is 0 Å². The standard InChI is InChI=1S/C17H26N2O3/c1-17(2,3)14(20)12-19-15(21)10-7-11-18-16(22)13-8-5-4-6-9-13/h4-6,8-9,14,20H,7,10-12H2,1-3H3,(H,18,22)(H,19,21). The highest BCUT2D eigenvalue weighted by Gasteiger charge is 2.22. The normalized spacial score (nSPS) is 12.5. The van der Waals surface area contributed by atoms with Gasteiger partial charge in [0.15, 0.2) is 0 Å². The molecule has 0 aromatic heterocycles. The number of hydrogen-bond donors (Lipinski definition) is 3. The molecule has 5 heteroatoms. The number of amides is 2. The van der Waals surface area contributed by atoms with Crippen LogP contribution in [0.5, 0.6) is 0 Å². The second-order valence-corrected chi connectivity index (χ2v) is 6.41. The fourth-order valence-corrected chi connectivity index (χ4v) is 1.75. The number of carbonyl (C=O) groups excluding carboxylic acids is 2. The van der Waals surface area contributed by atoms with Crippen molar-refractivity contribution in [1.29, 1.82) is 0 Å². The molecular weight excluding hydrogens is 280 g/mol. The predicted octanol–water partition coefficient (Wildman–Crippen LogP) is 1.72. The van der Waals surface area contributed by atoms with Gasteiger partial charge in [-0.25, -0.2) is 0 Å². The van der Waals surface area contributed by atoms with Crippen molar-refractivity contribution in [3.8, 4) is 0 Å². The Morgan fingerprint density at radius 3 is 2.36 bits per heavy atom. The second-order valence-electron chi connectivity index (χ2n) is 6.41. The first-order valence-electron chi connectivity index (χ1n) is 7.58. The molecule has 5 nitrogen and oxygen atoms in total. The van der Waals surface area contributed by atoms with E-state index in [2.05, 4.69) is 10.6 Å². The summed E-state index contributed by atoms with van der Waals surface area (Å²) in [5, 5.41) is 15.3. The van der Waals surface area contributed by atoms with Crippen molar-refractivity contribution in [2.24, 2.45) is 5.41 Å². The number of benzene rings is 1. The molecule has 0 aliphatic carbocycles. The quantitative estimate of drug-likeness (QED) is 0.671. The Bertz CT molecular complexity index is 480. The number of hydrogen-bond acceptors (Lipinski definition) is 3. The molecule has 0 saturated heterocycles. The van der Waals surface area contributed by atoms with Gasteiger partial charge in [-0.2, -0.15) is 0 Å². The van der Waals surface area contributed by atoms with E-state index in [0.717, 1.165) is 0 Å². The Morgan fingerprint density at radius 1 is 1.14 bits per heavy atom. The fraction of sp³-hybridized carbons (Fsp3) is 0.529. The molecule has 0 radical (unpaired) electrons. The lowest BCUT2D eigenvalue weighted by Gasteiger charge is -2.25. The Kier molecular flexibility index (Phi) is 7.05. The van der Waals surface area contributed by atoms with Gasteiger partial charge in [-0.3, -0.25) is 9.59 Å². The number of carbonyl (C=O) groups is 2. The Morgan fingerprint density at radius 2 is 1.77 bits per heavy atom. The van der Waals surface area contributed by atoms with Gasteiger partial charge in [0.1, 0.15) is 0 Å². The fourth-order valence-electron chi connectivity index (χ4n) is 1.75. The lowest BCUT2D eigenvalue weighted by molar-refractivity contribution is -0.122. The summed E-state index contributed by atoms with van der Waals surface area (Å²) >= 11 is 0. The average molecular weight is 306 g/mol. The lowest BCUT2D eigenvalue weighted by atomic mass is 9.89. The average Bonchev–Trinajstić information content (AvgIpc) is 2.48. The third kappa shape index (κ3) is 6.72. The smallest absolute Gasteiger partial charge is 0.251 e. The van der Waals surface area contributed by atoms with Gasteiger partial charge < -0.3 is 15.7 Å². The maximum atomic E-state index is 11.8. The largest absolute Gasteiger partial charge is 0.391 e. The first-order chi connectivity index (χ1) is 10.3. The van der Waals surface area contributed by atoms with E-state index in [9.17, 15) is 14.7 Å². The maximum Gasteiger partial charge on any atom is 0.251 e. The summed E-state index contributed by atoms with van der Waals surface area (Å²) in [7, 11) is 0. The zero-order valence-electron chi connectivity index (χ0n) is 13.6. The van der Waals surface area contributed by atoms with E-state index < -0.39 is 6.10 Å². The van der Waals surface area contributed by atoms with E-state index in [1.54, 1.807) is 12.1 Å². The van der Waals surface area contributed by atoms with E-state index in [-0.39, 0.29) is 23.8 Å². The summed E-state index contributed by atoms with van der Waals surface area (Å²) in [4.78, 5) is 23.4. The molecule has 0 saturated carbocycles. The molecule has 0 fully saturated rings. The van der Waals surface area contributed by atoms with Crippen molar-refractivity contribution in [3.05, 3.63) is 35.9 Å². The van der Waals surface area contributed by atoms with Gasteiger partial charge in [0.2, 0.25) is 5.91 Å². The molecule has 122 valence electrons. The van der Waals surface area contributed by atoms with Crippen LogP contribution in [0.2, 0.25) is 0 Å². The minimum Gasteiger partial charge on any atom is -0.391 e. The van der Waals surface area contributed by atoms with Crippen LogP contribution in [-0.4, -0.2) is 36.1 Å². The summed E-state index contributed by atoms with van der Waals surface area (Å²) < 4.78 is 0. The third-order valence-corrected chi connectivity index (χ3v) is 3.39. The van der Waals surface area contributed by atoms with Gasteiger partial charge in [-0.1, -0.05) is 39.0 Å². The maximum absolute atomic E-state index is 11.8. The second kappa shape index (κ2) is 8.54. The summed E-state index contributed by atoms with van der Waals surface area (Å²) in [6.07, 6.45) is 0.316. The van der Waals surface area contributed by atoms with Gasteiger partial charge in [-0.15, -0.1) is 0 Å². The van der Waals surface area contributed by atoms with Crippen molar-refractivity contribution in [3.63, 3.8) is 0 Å². The molecular formula is C17H26N2O3. The highest BCUT2D eigenvalue weighted by atomic mass is 16.3. The minimum absolute atomic E-state index is 0.114. The van der Waals surface area contributed by atoms with Crippen LogP contribution in [0.4, 0.5) is 0 Å².